The molecule has 2 heterocycles. The fourth-order valence-corrected chi connectivity index (χ4v) is 5.45. The highest BCUT2D eigenvalue weighted by atomic mass is 35.5. The van der Waals surface area contributed by atoms with Gasteiger partial charge in [0.15, 0.2) is 5.03 Å². The van der Waals surface area contributed by atoms with Crippen LogP contribution in [0.25, 0.3) is 0 Å². The van der Waals surface area contributed by atoms with Gasteiger partial charge < -0.3 is 9.88 Å². The Bertz CT molecular complexity index is 1200. The maximum atomic E-state index is 13.1. The zero-order chi connectivity index (χ0) is 21.3. The lowest BCUT2D eigenvalue weighted by molar-refractivity contribution is 0.468. The van der Waals surface area contributed by atoms with Gasteiger partial charge in [0.1, 0.15) is 0 Å². The molecule has 0 unspecified atom stereocenters. The molecule has 2 atom stereocenters. The third-order valence-electron chi connectivity index (χ3n) is 5.18. The van der Waals surface area contributed by atoms with Gasteiger partial charge in [0.2, 0.25) is 0 Å². The predicted molar refractivity (Wildman–Crippen MR) is 115 cm³/mol. The number of hydrogen-bond acceptors (Lipinski definition) is 5. The lowest BCUT2D eigenvalue weighted by atomic mass is 9.94. The molecule has 7 nitrogen and oxygen atoms in total. The molecule has 0 amide bonds. The molecule has 1 aliphatic rings. The molecule has 0 aliphatic carbocycles. The Hall–Kier alpha value is -2.86. The van der Waals surface area contributed by atoms with E-state index in [0.29, 0.717) is 22.8 Å². The van der Waals surface area contributed by atoms with E-state index in [1.54, 1.807) is 29.8 Å². The quantitative estimate of drug-likeness (QED) is 0.656. The molecule has 9 heteroatoms. The number of nitriles is 1. The molecule has 4 rings (SSSR count). The summed E-state index contributed by atoms with van der Waals surface area (Å²) in [6.45, 7) is 0.596. The van der Waals surface area contributed by atoms with Crippen LogP contribution < -0.4 is 5.32 Å². The Morgan fingerprint density at radius 2 is 1.97 bits per heavy atom. The average Bonchev–Trinajstić information content (AvgIpc) is 3.35. The van der Waals surface area contributed by atoms with Gasteiger partial charge in [-0.2, -0.15) is 9.57 Å². The third kappa shape index (κ3) is 4.05. The highest BCUT2D eigenvalue weighted by Crippen LogP contribution is 2.33. The van der Waals surface area contributed by atoms with Gasteiger partial charge in [-0.1, -0.05) is 41.9 Å². The van der Waals surface area contributed by atoms with Crippen LogP contribution in [0.3, 0.4) is 0 Å². The van der Waals surface area contributed by atoms with Crippen LogP contribution in [0.1, 0.15) is 17.0 Å². The second kappa shape index (κ2) is 8.11. The monoisotopic (exact) mass is 441 g/mol. The highest BCUT2D eigenvalue weighted by Gasteiger charge is 2.41. The molecular formula is C21H20ClN5O2S. The molecule has 0 saturated carbocycles. The van der Waals surface area contributed by atoms with E-state index in [4.69, 9.17) is 11.6 Å². The minimum absolute atomic E-state index is 0.0342. The molecule has 0 radical (unpaired) electrons. The summed E-state index contributed by atoms with van der Waals surface area (Å²) in [6, 6.07) is 16.7. The first kappa shape index (κ1) is 20.4. The Balaban J connectivity index is 1.67. The van der Waals surface area contributed by atoms with Crippen LogP contribution in [-0.4, -0.2) is 41.4 Å². The van der Waals surface area contributed by atoms with Crippen molar-refractivity contribution in [1.29, 1.82) is 5.26 Å². The standard InChI is InChI=1S/C21H20ClN5O2S/c1-26-13-21(24-14-26)30(28,29)27-11-19(16-5-3-2-4-6-16)20(12-27)25-18-8-15(10-23)7-17(22)9-18/h2-9,13-14,19-20,25H,11-12H2,1H3/t19-,20+/m1/s1. The van der Waals surface area contributed by atoms with Crippen LogP contribution in [0.5, 0.6) is 0 Å². The van der Waals surface area contributed by atoms with Gasteiger partial charge >= 0.3 is 0 Å². The summed E-state index contributed by atoms with van der Waals surface area (Å²) in [7, 11) is -1.99. The van der Waals surface area contributed by atoms with Gasteiger partial charge in [-0.05, 0) is 23.8 Å². The van der Waals surface area contributed by atoms with E-state index in [1.807, 2.05) is 30.3 Å². The Morgan fingerprint density at radius 1 is 1.20 bits per heavy atom. The van der Waals surface area contributed by atoms with E-state index in [-0.39, 0.29) is 23.5 Å². The first-order valence-corrected chi connectivity index (χ1v) is 11.2. The van der Waals surface area contributed by atoms with E-state index in [2.05, 4.69) is 16.4 Å². The lowest BCUT2D eigenvalue weighted by Crippen LogP contribution is -2.32. The fraction of sp³-hybridized carbons (Fsp3) is 0.238. The van der Waals surface area contributed by atoms with Gasteiger partial charge in [-0.3, -0.25) is 0 Å². The van der Waals surface area contributed by atoms with E-state index >= 15 is 0 Å². The number of imidazole rings is 1. The number of sulfonamides is 1. The average molecular weight is 442 g/mol. The van der Waals surface area contributed by atoms with Crippen molar-refractivity contribution in [1.82, 2.24) is 13.9 Å². The van der Waals surface area contributed by atoms with Gasteiger partial charge in [0.25, 0.3) is 10.0 Å². The first-order valence-electron chi connectivity index (χ1n) is 9.37. The second-order valence-electron chi connectivity index (χ2n) is 7.31. The summed E-state index contributed by atoms with van der Waals surface area (Å²) >= 11 is 6.14. The summed E-state index contributed by atoms with van der Waals surface area (Å²) in [5.41, 5.74) is 2.16. The molecule has 154 valence electrons. The minimum atomic E-state index is -3.72. The number of rotatable bonds is 5. The maximum absolute atomic E-state index is 13.1. The van der Waals surface area contributed by atoms with Crippen LogP contribution in [-0.2, 0) is 17.1 Å². The van der Waals surface area contributed by atoms with Crippen molar-refractivity contribution in [3.8, 4) is 6.07 Å². The molecule has 2 aromatic carbocycles. The number of anilines is 1. The molecular weight excluding hydrogens is 422 g/mol. The number of halogens is 1. The third-order valence-corrected chi connectivity index (χ3v) is 7.11. The molecule has 1 aromatic heterocycles. The Morgan fingerprint density at radius 3 is 2.63 bits per heavy atom. The normalized spacial score (nSPS) is 19.5. The van der Waals surface area contributed by atoms with Crippen LogP contribution in [0.4, 0.5) is 5.69 Å². The van der Waals surface area contributed by atoms with E-state index in [1.165, 1.54) is 16.8 Å². The number of nitrogens with one attached hydrogen (secondary N) is 1. The van der Waals surface area contributed by atoms with E-state index in [9.17, 15) is 13.7 Å². The van der Waals surface area contributed by atoms with Gasteiger partial charge in [-0.15, -0.1) is 0 Å². The SMILES string of the molecule is Cn1cnc(S(=O)(=O)N2C[C@H](Nc3cc(Cl)cc(C#N)c3)[C@@H](c3ccccc3)C2)c1. The van der Waals surface area contributed by atoms with Crippen LogP contribution in [0.15, 0.2) is 66.1 Å². The smallest absolute Gasteiger partial charge is 0.262 e. The molecule has 0 spiro atoms. The van der Waals surface area contributed by atoms with Gasteiger partial charge in [0.05, 0.1) is 18.0 Å². The van der Waals surface area contributed by atoms with Crippen molar-refractivity contribution >= 4 is 27.3 Å². The number of hydrogen-bond donors (Lipinski definition) is 1. The van der Waals surface area contributed by atoms with Crippen molar-refractivity contribution < 1.29 is 8.42 Å². The summed E-state index contributed by atoms with van der Waals surface area (Å²) < 4.78 is 29.3. The molecule has 1 N–H and O–H groups in total. The van der Waals surface area contributed by atoms with Crippen LogP contribution >= 0.6 is 11.6 Å². The summed E-state index contributed by atoms with van der Waals surface area (Å²) in [4.78, 5) is 4.03. The van der Waals surface area contributed by atoms with Crippen molar-refractivity contribution in [3.05, 3.63) is 77.2 Å². The highest BCUT2D eigenvalue weighted by molar-refractivity contribution is 7.89. The van der Waals surface area contributed by atoms with E-state index < -0.39 is 10.0 Å². The van der Waals surface area contributed by atoms with Crippen molar-refractivity contribution in [2.45, 2.75) is 17.0 Å². The zero-order valence-electron chi connectivity index (χ0n) is 16.2. The maximum Gasteiger partial charge on any atom is 0.262 e. The zero-order valence-corrected chi connectivity index (χ0v) is 17.8. The molecule has 1 fully saturated rings. The predicted octanol–water partition coefficient (Wildman–Crippen LogP) is 3.21. The Labute approximate surface area is 180 Å². The minimum Gasteiger partial charge on any atom is -0.380 e. The van der Waals surface area contributed by atoms with Crippen molar-refractivity contribution in [2.75, 3.05) is 18.4 Å². The van der Waals surface area contributed by atoms with Gasteiger partial charge in [0, 0.05) is 49.0 Å². The van der Waals surface area contributed by atoms with E-state index in [0.717, 1.165) is 5.56 Å². The fourth-order valence-electron chi connectivity index (χ4n) is 3.75. The number of aromatic nitrogens is 2. The topological polar surface area (TPSA) is 91.0 Å². The van der Waals surface area contributed by atoms with Gasteiger partial charge in [-0.25, -0.2) is 13.4 Å². The van der Waals surface area contributed by atoms with Crippen LogP contribution in [0.2, 0.25) is 5.02 Å². The summed E-state index contributed by atoms with van der Waals surface area (Å²) in [6.07, 6.45) is 2.98. The molecule has 0 bridgehead atoms. The van der Waals surface area contributed by atoms with Crippen LogP contribution in [0, 0.1) is 11.3 Å². The largest absolute Gasteiger partial charge is 0.380 e. The number of benzene rings is 2. The second-order valence-corrected chi connectivity index (χ2v) is 9.63. The number of aryl methyl sites for hydroxylation is 1. The molecule has 3 aromatic rings. The van der Waals surface area contributed by atoms with Crippen molar-refractivity contribution in [2.24, 2.45) is 7.05 Å². The summed E-state index contributed by atoms with van der Waals surface area (Å²) in [5.74, 6) is -0.0748. The molecule has 1 saturated heterocycles. The first-order chi connectivity index (χ1) is 14.4. The Kier molecular flexibility index (Phi) is 5.52. The number of nitrogens with zero attached hydrogens (tertiary/aromatic N) is 4. The lowest BCUT2D eigenvalue weighted by Gasteiger charge is -2.21. The summed E-state index contributed by atoms with van der Waals surface area (Å²) in [5, 5.41) is 13.1. The van der Waals surface area contributed by atoms with Crippen molar-refractivity contribution in [3.63, 3.8) is 0 Å². The molecule has 30 heavy (non-hydrogen) atoms. The molecule has 1 aliphatic heterocycles.